The molecule has 2 atom stereocenters. The number of hydrogen-bond acceptors (Lipinski definition) is 8. The van der Waals surface area contributed by atoms with Crippen LogP contribution in [0.25, 0.3) is 11.1 Å². The molecule has 3 N–H and O–H groups in total. The molecule has 0 radical (unpaired) electrons. The monoisotopic (exact) mass is 541 g/mol. The second kappa shape index (κ2) is 10.6. The molecule has 3 heterocycles. The van der Waals surface area contributed by atoms with Crippen LogP contribution in [-0.2, 0) is 27.4 Å². The Morgan fingerprint density at radius 1 is 1.00 bits per heavy atom. The first kappa shape index (κ1) is 26.0. The summed E-state index contributed by atoms with van der Waals surface area (Å²) in [6.45, 7) is 2.23. The molecule has 2 saturated heterocycles. The minimum Gasteiger partial charge on any atom is -0.442 e. The summed E-state index contributed by atoms with van der Waals surface area (Å²) in [6.07, 6.45) is -0.925. The Bertz CT molecular complexity index is 1430. The maximum absolute atomic E-state index is 15.2. The average Bonchev–Trinajstić information content (AvgIpc) is 3.61. The molecule has 14 heteroatoms. The molecular formula is C25H25F2N7O5. The van der Waals surface area contributed by atoms with E-state index in [2.05, 4.69) is 15.6 Å². The molecule has 3 amide bonds. The summed E-state index contributed by atoms with van der Waals surface area (Å²) >= 11 is 0. The van der Waals surface area contributed by atoms with E-state index in [0.717, 1.165) is 12.1 Å². The van der Waals surface area contributed by atoms with Gasteiger partial charge in [-0.15, -0.1) is 5.10 Å². The fourth-order valence-electron chi connectivity index (χ4n) is 4.49. The highest BCUT2D eigenvalue weighted by Crippen LogP contribution is 2.33. The molecule has 0 aliphatic carbocycles. The summed E-state index contributed by atoms with van der Waals surface area (Å²) in [6, 6.07) is 7.98. The Morgan fingerprint density at radius 2 is 1.56 bits per heavy atom. The van der Waals surface area contributed by atoms with E-state index in [-0.39, 0.29) is 61.1 Å². The summed E-state index contributed by atoms with van der Waals surface area (Å²) in [4.78, 5) is 38.3. The number of nitrogens with zero attached hydrogens (tertiary/aromatic N) is 5. The van der Waals surface area contributed by atoms with Gasteiger partial charge in [-0.05, 0) is 36.4 Å². The smallest absolute Gasteiger partial charge is 0.414 e. The van der Waals surface area contributed by atoms with Crippen molar-refractivity contribution in [1.29, 1.82) is 0 Å². The van der Waals surface area contributed by atoms with Crippen LogP contribution in [0, 0.1) is 11.6 Å². The van der Waals surface area contributed by atoms with E-state index in [0.29, 0.717) is 5.69 Å². The van der Waals surface area contributed by atoms with Gasteiger partial charge < -0.3 is 20.5 Å². The number of ether oxygens (including phenoxy) is 2. The van der Waals surface area contributed by atoms with Crippen LogP contribution < -0.4 is 20.9 Å². The topological polar surface area (TPSA) is 145 Å². The number of nitrogens with two attached hydrogens (primary N) is 1. The third kappa shape index (κ3) is 5.36. The number of rotatable bonds is 8. The Labute approximate surface area is 221 Å². The molecule has 12 nitrogen and oxygen atoms in total. The van der Waals surface area contributed by atoms with Crippen molar-refractivity contribution in [3.8, 4) is 11.1 Å². The van der Waals surface area contributed by atoms with Crippen LogP contribution >= 0.6 is 0 Å². The van der Waals surface area contributed by atoms with Gasteiger partial charge in [0.05, 0.1) is 49.4 Å². The second-order valence-corrected chi connectivity index (χ2v) is 9.11. The minimum atomic E-state index is -0.749. The van der Waals surface area contributed by atoms with E-state index in [1.807, 2.05) is 0 Å². The first-order valence-electron chi connectivity index (χ1n) is 12.1. The molecule has 2 fully saturated rings. The number of nitrogens with one attached hydrogen (secondary N) is 1. The van der Waals surface area contributed by atoms with E-state index >= 15 is 8.78 Å². The lowest BCUT2D eigenvalue weighted by atomic mass is 10.0. The molecule has 3 aromatic rings. The first-order chi connectivity index (χ1) is 18.7. The number of amides is 3. The van der Waals surface area contributed by atoms with Crippen LogP contribution in [-0.4, -0.2) is 64.9 Å². The molecule has 0 unspecified atom stereocenters. The summed E-state index contributed by atoms with van der Waals surface area (Å²) in [5.41, 5.74) is 6.78. The number of anilines is 2. The van der Waals surface area contributed by atoms with Gasteiger partial charge in [-0.1, -0.05) is 5.21 Å². The van der Waals surface area contributed by atoms with Crippen molar-refractivity contribution in [3.05, 3.63) is 59.9 Å². The number of aromatic nitrogens is 3. The molecular weight excluding hydrogens is 516 g/mol. The molecule has 39 heavy (non-hydrogen) atoms. The Morgan fingerprint density at radius 3 is 2.10 bits per heavy atom. The number of cyclic esters (lactones) is 2. The molecule has 204 valence electrons. The molecule has 2 aliphatic heterocycles. The van der Waals surface area contributed by atoms with Crippen molar-refractivity contribution < 1.29 is 32.6 Å². The number of hydrogen-bond donors (Lipinski definition) is 2. The SMILES string of the molecule is CC(=O)NC[C@H]1CN(c2ccc(-c3ccc(N4C[C@H](Cn5nncc5CN)OC4=O)cc3F)c(F)c2)C(=O)O1. The van der Waals surface area contributed by atoms with Crippen LogP contribution in [0.5, 0.6) is 0 Å². The first-order valence-corrected chi connectivity index (χ1v) is 12.1. The van der Waals surface area contributed by atoms with Gasteiger partial charge in [0.1, 0.15) is 23.8 Å². The molecule has 0 saturated carbocycles. The van der Waals surface area contributed by atoms with E-state index < -0.39 is 36.0 Å². The van der Waals surface area contributed by atoms with Crippen molar-refractivity contribution in [2.24, 2.45) is 5.73 Å². The van der Waals surface area contributed by atoms with Crippen molar-refractivity contribution in [1.82, 2.24) is 20.3 Å². The minimum absolute atomic E-state index is 0.0188. The van der Waals surface area contributed by atoms with E-state index in [1.165, 1.54) is 47.2 Å². The lowest BCUT2D eigenvalue weighted by Crippen LogP contribution is -2.33. The van der Waals surface area contributed by atoms with Crippen molar-refractivity contribution in [3.63, 3.8) is 0 Å². The molecule has 0 bridgehead atoms. The Kier molecular flexibility index (Phi) is 7.11. The van der Waals surface area contributed by atoms with Crippen LogP contribution in [0.3, 0.4) is 0 Å². The third-order valence-corrected chi connectivity index (χ3v) is 6.43. The second-order valence-electron chi connectivity index (χ2n) is 9.11. The van der Waals surface area contributed by atoms with Crippen LogP contribution in [0.2, 0.25) is 0 Å². The average molecular weight is 542 g/mol. The summed E-state index contributed by atoms with van der Waals surface area (Å²) in [7, 11) is 0. The van der Waals surface area contributed by atoms with E-state index in [9.17, 15) is 14.4 Å². The van der Waals surface area contributed by atoms with E-state index in [4.69, 9.17) is 15.2 Å². The van der Waals surface area contributed by atoms with Crippen LogP contribution in [0.1, 0.15) is 12.6 Å². The van der Waals surface area contributed by atoms with Crippen molar-refractivity contribution in [2.75, 3.05) is 29.4 Å². The molecule has 2 aliphatic rings. The highest BCUT2D eigenvalue weighted by atomic mass is 19.1. The maximum Gasteiger partial charge on any atom is 0.414 e. The zero-order chi connectivity index (χ0) is 27.7. The van der Waals surface area contributed by atoms with Gasteiger partial charge in [-0.25, -0.2) is 23.1 Å². The standard InChI is InChI=1S/C25H25F2N7O5/c1-14(35)29-10-18-11-32(24(36)38-18)15-2-4-20(22(26)6-15)21-5-3-16(7-23(21)27)33-12-19(39-25(33)37)13-34-17(8-28)9-30-31-34/h2-7,9,18-19H,8,10-13,28H2,1H3,(H,29,35)/t18-,19+/m0/s1. The summed E-state index contributed by atoms with van der Waals surface area (Å²) in [5.74, 6) is -1.75. The lowest BCUT2D eigenvalue weighted by molar-refractivity contribution is -0.119. The number of carbonyl (C=O) groups is 3. The fourth-order valence-corrected chi connectivity index (χ4v) is 4.49. The molecule has 1 aromatic heterocycles. The van der Waals surface area contributed by atoms with Gasteiger partial charge in [-0.3, -0.25) is 14.6 Å². The Balaban J connectivity index is 1.29. The van der Waals surface area contributed by atoms with Crippen molar-refractivity contribution in [2.45, 2.75) is 32.2 Å². The quantitative estimate of drug-likeness (QED) is 0.442. The highest BCUT2D eigenvalue weighted by Gasteiger charge is 2.34. The summed E-state index contributed by atoms with van der Waals surface area (Å²) in [5, 5.41) is 10.3. The van der Waals surface area contributed by atoms with Gasteiger partial charge in [0.25, 0.3) is 0 Å². The number of halogens is 2. The van der Waals surface area contributed by atoms with Crippen molar-refractivity contribution >= 4 is 29.5 Å². The molecule has 0 spiro atoms. The van der Waals surface area contributed by atoms with Gasteiger partial charge in [-0.2, -0.15) is 0 Å². The zero-order valence-electron chi connectivity index (χ0n) is 20.8. The van der Waals surface area contributed by atoms with Gasteiger partial charge in [0.15, 0.2) is 0 Å². The number of benzene rings is 2. The number of carbonyl (C=O) groups excluding carboxylic acids is 3. The predicted octanol–water partition coefficient (Wildman–Crippen LogP) is 2.17. The predicted molar refractivity (Wildman–Crippen MR) is 134 cm³/mol. The third-order valence-electron chi connectivity index (χ3n) is 6.43. The van der Waals surface area contributed by atoms with Gasteiger partial charge >= 0.3 is 12.2 Å². The highest BCUT2D eigenvalue weighted by molar-refractivity contribution is 5.91. The lowest BCUT2D eigenvalue weighted by Gasteiger charge is -2.16. The summed E-state index contributed by atoms with van der Waals surface area (Å²) < 4.78 is 42.4. The Hall–Kier alpha value is -4.59. The van der Waals surface area contributed by atoms with Gasteiger partial charge in [0.2, 0.25) is 5.91 Å². The van der Waals surface area contributed by atoms with E-state index in [1.54, 1.807) is 4.68 Å². The zero-order valence-corrected chi connectivity index (χ0v) is 20.8. The van der Waals surface area contributed by atoms with Gasteiger partial charge in [0, 0.05) is 24.6 Å². The molecule has 5 rings (SSSR count). The molecule has 2 aromatic carbocycles. The normalized spacial score (nSPS) is 18.9. The maximum atomic E-state index is 15.2. The van der Waals surface area contributed by atoms with Crippen LogP contribution in [0.4, 0.5) is 29.7 Å². The fraction of sp³-hybridized carbons (Fsp3) is 0.320. The van der Waals surface area contributed by atoms with Crippen LogP contribution in [0.15, 0.2) is 42.6 Å². The largest absolute Gasteiger partial charge is 0.442 e.